The molecule has 0 unspecified atom stereocenters. The van der Waals surface area contributed by atoms with Crippen LogP contribution in [-0.4, -0.2) is 36.3 Å². The van der Waals surface area contributed by atoms with Gasteiger partial charge in [-0.25, -0.2) is 0 Å². The fraction of sp³-hybridized carbons (Fsp3) is 0.333. The van der Waals surface area contributed by atoms with Crippen molar-refractivity contribution in [2.24, 2.45) is 0 Å². The maximum atomic E-state index is 12.4. The highest BCUT2D eigenvalue weighted by atomic mass is 16.2. The molecule has 142 valence electrons. The molecule has 1 saturated heterocycles. The van der Waals surface area contributed by atoms with Crippen LogP contribution in [0.5, 0.6) is 0 Å². The molecule has 0 saturated carbocycles. The molecule has 3 rings (SSSR count). The monoisotopic (exact) mass is 366 g/mol. The highest BCUT2D eigenvalue weighted by molar-refractivity contribution is 6.05. The van der Waals surface area contributed by atoms with Crippen LogP contribution in [0.25, 0.3) is 0 Å². The minimum Gasteiger partial charge on any atom is -0.399 e. The third kappa shape index (κ3) is 5.31. The predicted octanol–water partition coefficient (Wildman–Crippen LogP) is 3.25. The van der Waals surface area contributed by atoms with E-state index >= 15 is 0 Å². The normalized spacial score (nSPS) is 14.6. The number of amides is 2. The minimum atomic E-state index is -0.239. The molecule has 0 spiro atoms. The lowest BCUT2D eigenvalue weighted by atomic mass is 10.1. The standard InChI is InChI=1S/C21H26N4O2/c1-15-8-9-18(23-21(27)16-6-5-7-17(22)12-16)13-19(15)24-20(26)14-25-10-3-2-4-11-25/h5-9,12-13H,2-4,10-11,14,22H2,1H3,(H,23,27)(H,24,26). The van der Waals surface area contributed by atoms with Crippen LogP contribution in [0.1, 0.15) is 35.2 Å². The lowest BCUT2D eigenvalue weighted by molar-refractivity contribution is -0.117. The van der Waals surface area contributed by atoms with E-state index in [-0.39, 0.29) is 11.8 Å². The summed E-state index contributed by atoms with van der Waals surface area (Å²) in [5.41, 5.74) is 9.05. The van der Waals surface area contributed by atoms with Crippen molar-refractivity contribution in [1.82, 2.24) is 4.90 Å². The van der Waals surface area contributed by atoms with Crippen molar-refractivity contribution in [1.29, 1.82) is 0 Å². The van der Waals surface area contributed by atoms with Crippen LogP contribution in [0.3, 0.4) is 0 Å². The second-order valence-electron chi connectivity index (χ2n) is 6.99. The van der Waals surface area contributed by atoms with Gasteiger partial charge in [0.15, 0.2) is 0 Å². The third-order valence-corrected chi connectivity index (χ3v) is 4.73. The first-order valence-electron chi connectivity index (χ1n) is 9.31. The van der Waals surface area contributed by atoms with E-state index in [1.807, 2.05) is 19.1 Å². The molecule has 0 aromatic heterocycles. The molecule has 2 aromatic rings. The SMILES string of the molecule is Cc1ccc(NC(=O)c2cccc(N)c2)cc1NC(=O)CN1CCCCC1. The van der Waals surface area contributed by atoms with E-state index < -0.39 is 0 Å². The fourth-order valence-electron chi connectivity index (χ4n) is 3.23. The molecule has 0 bridgehead atoms. The van der Waals surface area contributed by atoms with Crippen molar-refractivity contribution in [3.05, 3.63) is 53.6 Å². The maximum Gasteiger partial charge on any atom is 0.255 e. The molecule has 6 nitrogen and oxygen atoms in total. The summed E-state index contributed by atoms with van der Waals surface area (Å²) >= 11 is 0. The molecule has 1 fully saturated rings. The quantitative estimate of drug-likeness (QED) is 0.709. The second kappa shape index (κ2) is 8.68. The molecule has 0 radical (unpaired) electrons. The van der Waals surface area contributed by atoms with Gasteiger partial charge in [-0.1, -0.05) is 18.6 Å². The zero-order valence-corrected chi connectivity index (χ0v) is 15.6. The van der Waals surface area contributed by atoms with Gasteiger partial charge in [-0.15, -0.1) is 0 Å². The molecule has 1 aliphatic heterocycles. The number of carbonyl (C=O) groups is 2. The number of rotatable bonds is 5. The van der Waals surface area contributed by atoms with Crippen molar-refractivity contribution in [3.63, 3.8) is 0 Å². The number of benzene rings is 2. The number of aryl methyl sites for hydroxylation is 1. The van der Waals surface area contributed by atoms with Crippen molar-refractivity contribution >= 4 is 28.9 Å². The lowest BCUT2D eigenvalue weighted by Gasteiger charge is -2.25. The Bertz CT molecular complexity index is 829. The molecule has 27 heavy (non-hydrogen) atoms. The zero-order valence-electron chi connectivity index (χ0n) is 15.6. The van der Waals surface area contributed by atoms with Gasteiger partial charge in [0.2, 0.25) is 5.91 Å². The van der Waals surface area contributed by atoms with Gasteiger partial charge in [-0.3, -0.25) is 14.5 Å². The number of likely N-dealkylation sites (tertiary alicyclic amines) is 1. The Balaban J connectivity index is 1.64. The number of hydrogen-bond acceptors (Lipinski definition) is 4. The predicted molar refractivity (Wildman–Crippen MR) is 109 cm³/mol. The summed E-state index contributed by atoms with van der Waals surface area (Å²) in [7, 11) is 0. The Morgan fingerprint density at radius 2 is 1.81 bits per heavy atom. The topological polar surface area (TPSA) is 87.5 Å². The minimum absolute atomic E-state index is 0.0284. The third-order valence-electron chi connectivity index (χ3n) is 4.73. The Hall–Kier alpha value is -2.86. The molecule has 0 atom stereocenters. The number of nitrogens with two attached hydrogens (primary N) is 1. The van der Waals surface area contributed by atoms with Crippen LogP contribution >= 0.6 is 0 Å². The van der Waals surface area contributed by atoms with Crippen LogP contribution in [0.15, 0.2) is 42.5 Å². The second-order valence-corrected chi connectivity index (χ2v) is 6.99. The molecule has 2 aromatic carbocycles. The van der Waals surface area contributed by atoms with Crippen molar-refractivity contribution < 1.29 is 9.59 Å². The number of anilines is 3. The van der Waals surface area contributed by atoms with Gasteiger partial charge in [-0.2, -0.15) is 0 Å². The zero-order chi connectivity index (χ0) is 19.2. The Morgan fingerprint density at radius 3 is 2.56 bits per heavy atom. The van der Waals surface area contributed by atoms with E-state index in [0.717, 1.165) is 31.5 Å². The number of hydrogen-bond donors (Lipinski definition) is 3. The molecule has 1 aliphatic rings. The summed E-state index contributed by atoms with van der Waals surface area (Å²) in [6.45, 7) is 4.28. The fourth-order valence-corrected chi connectivity index (χ4v) is 3.23. The van der Waals surface area contributed by atoms with Crippen LogP contribution in [-0.2, 0) is 4.79 Å². The molecule has 2 amide bonds. The Labute approximate surface area is 159 Å². The number of nitrogens with zero attached hydrogens (tertiary/aromatic N) is 1. The molecule has 0 aliphatic carbocycles. The molecular formula is C21H26N4O2. The summed E-state index contributed by atoms with van der Waals surface area (Å²) in [6.07, 6.45) is 3.54. The molecule has 1 heterocycles. The summed E-state index contributed by atoms with van der Waals surface area (Å²) in [5.74, 6) is -0.268. The number of nitrogen functional groups attached to an aromatic ring is 1. The van der Waals surface area contributed by atoms with E-state index in [4.69, 9.17) is 5.73 Å². The first-order valence-corrected chi connectivity index (χ1v) is 9.31. The van der Waals surface area contributed by atoms with Crippen LogP contribution < -0.4 is 16.4 Å². The highest BCUT2D eigenvalue weighted by Crippen LogP contribution is 2.21. The molecule has 6 heteroatoms. The van der Waals surface area contributed by atoms with Gasteiger partial charge < -0.3 is 16.4 Å². The Morgan fingerprint density at radius 1 is 1.04 bits per heavy atom. The van der Waals surface area contributed by atoms with Crippen molar-refractivity contribution in [2.75, 3.05) is 36.0 Å². The lowest BCUT2D eigenvalue weighted by Crippen LogP contribution is -2.36. The van der Waals surface area contributed by atoms with Crippen LogP contribution in [0.2, 0.25) is 0 Å². The number of piperidine rings is 1. The van der Waals surface area contributed by atoms with E-state index in [1.54, 1.807) is 30.3 Å². The van der Waals surface area contributed by atoms with E-state index in [1.165, 1.54) is 6.42 Å². The smallest absolute Gasteiger partial charge is 0.255 e. The van der Waals surface area contributed by atoms with E-state index in [2.05, 4.69) is 15.5 Å². The van der Waals surface area contributed by atoms with Crippen LogP contribution in [0, 0.1) is 6.92 Å². The van der Waals surface area contributed by atoms with E-state index in [0.29, 0.717) is 29.2 Å². The number of nitrogens with one attached hydrogen (secondary N) is 2. The van der Waals surface area contributed by atoms with Crippen molar-refractivity contribution in [2.45, 2.75) is 26.2 Å². The maximum absolute atomic E-state index is 12.4. The summed E-state index contributed by atoms with van der Waals surface area (Å²) in [4.78, 5) is 26.9. The van der Waals surface area contributed by atoms with Gasteiger partial charge in [-0.05, 0) is 68.8 Å². The van der Waals surface area contributed by atoms with Gasteiger partial charge in [0.05, 0.1) is 6.54 Å². The van der Waals surface area contributed by atoms with Crippen molar-refractivity contribution in [3.8, 4) is 0 Å². The average Bonchev–Trinajstić information content (AvgIpc) is 2.65. The average molecular weight is 366 g/mol. The Kier molecular flexibility index (Phi) is 6.08. The van der Waals surface area contributed by atoms with Crippen LogP contribution in [0.4, 0.5) is 17.1 Å². The summed E-state index contributed by atoms with van der Waals surface area (Å²) < 4.78 is 0. The first-order chi connectivity index (χ1) is 13.0. The van der Waals surface area contributed by atoms with Gasteiger partial charge in [0.25, 0.3) is 5.91 Å². The first kappa shape index (κ1) is 18.9. The molecular weight excluding hydrogens is 340 g/mol. The van der Waals surface area contributed by atoms with Gasteiger partial charge in [0.1, 0.15) is 0 Å². The molecule has 4 N–H and O–H groups in total. The summed E-state index contributed by atoms with van der Waals surface area (Å²) in [6, 6.07) is 12.3. The highest BCUT2D eigenvalue weighted by Gasteiger charge is 2.15. The van der Waals surface area contributed by atoms with Gasteiger partial charge in [0, 0.05) is 22.6 Å². The van der Waals surface area contributed by atoms with E-state index in [9.17, 15) is 9.59 Å². The largest absolute Gasteiger partial charge is 0.399 e. The number of carbonyl (C=O) groups excluding carboxylic acids is 2. The summed E-state index contributed by atoms with van der Waals surface area (Å²) in [5, 5.41) is 5.82. The van der Waals surface area contributed by atoms with Gasteiger partial charge >= 0.3 is 0 Å².